The van der Waals surface area contributed by atoms with Crippen molar-refractivity contribution in [3.05, 3.63) is 64.6 Å². The molecule has 4 atom stereocenters. The van der Waals surface area contributed by atoms with Crippen molar-refractivity contribution < 1.29 is 38.0 Å². The topological polar surface area (TPSA) is 109 Å². The Balaban J connectivity index is 1.50. The lowest BCUT2D eigenvalue weighted by atomic mass is 9.65. The minimum Gasteiger partial charge on any atom is -0.502 e. The van der Waals surface area contributed by atoms with Crippen LogP contribution < -0.4 is 24.3 Å². The molecule has 0 spiro atoms. The van der Waals surface area contributed by atoms with Gasteiger partial charge in [0.2, 0.25) is 12.5 Å². The third-order valence-corrected chi connectivity index (χ3v) is 7.34. The molecule has 9 heteroatoms. The van der Waals surface area contributed by atoms with Crippen molar-refractivity contribution in [2.24, 2.45) is 11.8 Å². The van der Waals surface area contributed by atoms with Gasteiger partial charge in [0.15, 0.2) is 23.0 Å². The van der Waals surface area contributed by atoms with Crippen molar-refractivity contribution in [1.82, 2.24) is 5.32 Å². The van der Waals surface area contributed by atoms with E-state index in [4.69, 9.17) is 28.1 Å². The molecule has 2 N–H and O–H groups in total. The average Bonchev–Trinajstić information content (AvgIpc) is 3.61. The van der Waals surface area contributed by atoms with Crippen molar-refractivity contribution in [2.75, 3.05) is 27.6 Å². The number of aromatic hydroxyl groups is 1. The van der Waals surface area contributed by atoms with Gasteiger partial charge in [-0.2, -0.15) is 0 Å². The Morgan fingerprint density at radius 1 is 1.00 bits per heavy atom. The van der Waals surface area contributed by atoms with Crippen LogP contribution in [0.1, 0.15) is 40.2 Å². The van der Waals surface area contributed by atoms with E-state index >= 15 is 0 Å². The number of phenolic OH excluding ortho intramolecular Hbond substituents is 1. The molecule has 2 aliphatic heterocycles. The van der Waals surface area contributed by atoms with E-state index in [1.165, 1.54) is 14.2 Å². The third kappa shape index (κ3) is 3.53. The molecule has 3 aromatic rings. The SMILES string of the molecule is COc1cc([C@@H]2c3cc4c(cc3[C@@H](NCc3ccc(C)o3)[C@H]3COC(=O)[C@H]23)OCO4)cc(OC)c1O. The molecule has 6 rings (SSSR count). The van der Waals surface area contributed by atoms with Crippen molar-refractivity contribution in [3.8, 4) is 28.7 Å². The van der Waals surface area contributed by atoms with Gasteiger partial charge in [0, 0.05) is 17.9 Å². The lowest BCUT2D eigenvalue weighted by Gasteiger charge is -2.39. The van der Waals surface area contributed by atoms with E-state index in [9.17, 15) is 9.90 Å². The number of hydrogen-bond donors (Lipinski definition) is 2. The van der Waals surface area contributed by atoms with Crippen molar-refractivity contribution in [3.63, 3.8) is 0 Å². The Hall–Kier alpha value is -3.85. The highest BCUT2D eigenvalue weighted by Crippen LogP contribution is 2.55. The van der Waals surface area contributed by atoms with Gasteiger partial charge >= 0.3 is 5.97 Å². The van der Waals surface area contributed by atoms with E-state index in [2.05, 4.69) is 5.32 Å². The molecule has 1 aromatic heterocycles. The number of cyclic esters (lactones) is 1. The van der Waals surface area contributed by atoms with Crippen LogP contribution in [-0.2, 0) is 16.1 Å². The number of esters is 1. The van der Waals surface area contributed by atoms with Gasteiger partial charge in [-0.1, -0.05) is 0 Å². The number of fused-ring (bicyclic) bond motifs is 3. The fourth-order valence-corrected chi connectivity index (χ4v) is 5.71. The lowest BCUT2D eigenvalue weighted by Crippen LogP contribution is -2.40. The molecule has 2 aromatic carbocycles. The monoisotopic (exact) mass is 493 g/mol. The molecule has 9 nitrogen and oxygen atoms in total. The van der Waals surface area contributed by atoms with Gasteiger partial charge in [-0.3, -0.25) is 4.79 Å². The molecule has 36 heavy (non-hydrogen) atoms. The molecular formula is C27H27NO8. The van der Waals surface area contributed by atoms with Crippen LogP contribution in [0, 0.1) is 18.8 Å². The molecule has 1 aliphatic carbocycles. The van der Waals surface area contributed by atoms with Crippen molar-refractivity contribution in [1.29, 1.82) is 0 Å². The number of furan rings is 1. The summed E-state index contributed by atoms with van der Waals surface area (Å²) in [5, 5.41) is 14.1. The van der Waals surface area contributed by atoms with Gasteiger partial charge < -0.3 is 38.5 Å². The predicted molar refractivity (Wildman–Crippen MR) is 127 cm³/mol. The fraction of sp³-hybridized carbons (Fsp3) is 0.370. The summed E-state index contributed by atoms with van der Waals surface area (Å²) in [5.74, 6) is 2.14. The van der Waals surface area contributed by atoms with E-state index < -0.39 is 5.92 Å². The fourth-order valence-electron chi connectivity index (χ4n) is 5.71. The second kappa shape index (κ2) is 8.67. The Morgan fingerprint density at radius 2 is 1.69 bits per heavy atom. The van der Waals surface area contributed by atoms with Gasteiger partial charge in [0.25, 0.3) is 0 Å². The normalized spacial score (nSPS) is 23.7. The summed E-state index contributed by atoms with van der Waals surface area (Å²) in [6.07, 6.45) is 0. The molecule has 3 heterocycles. The maximum atomic E-state index is 13.2. The predicted octanol–water partition coefficient (Wildman–Crippen LogP) is 3.81. The zero-order valence-corrected chi connectivity index (χ0v) is 20.2. The van der Waals surface area contributed by atoms with E-state index in [0.29, 0.717) is 18.0 Å². The van der Waals surface area contributed by atoms with E-state index in [0.717, 1.165) is 28.2 Å². The number of carbonyl (C=O) groups is 1. The van der Waals surface area contributed by atoms with Gasteiger partial charge in [0.1, 0.15) is 11.5 Å². The first-order valence-electron chi connectivity index (χ1n) is 11.8. The maximum absolute atomic E-state index is 13.2. The van der Waals surface area contributed by atoms with Crippen LogP contribution in [0.15, 0.2) is 40.8 Å². The minimum absolute atomic E-state index is 0.0932. The van der Waals surface area contributed by atoms with E-state index in [-0.39, 0.29) is 54.5 Å². The summed E-state index contributed by atoms with van der Waals surface area (Å²) in [6, 6.07) is 11.1. The molecule has 188 valence electrons. The summed E-state index contributed by atoms with van der Waals surface area (Å²) in [5.41, 5.74) is 2.69. The van der Waals surface area contributed by atoms with Gasteiger partial charge in [-0.15, -0.1) is 0 Å². The van der Waals surface area contributed by atoms with Gasteiger partial charge in [-0.05, 0) is 60.0 Å². The van der Waals surface area contributed by atoms with Crippen LogP contribution in [0.4, 0.5) is 0 Å². The highest BCUT2D eigenvalue weighted by atomic mass is 16.7. The highest BCUT2D eigenvalue weighted by Gasteiger charge is 2.52. The van der Waals surface area contributed by atoms with E-state index in [1.807, 2.05) is 31.2 Å². The number of nitrogens with one attached hydrogen (secondary N) is 1. The first-order valence-corrected chi connectivity index (χ1v) is 11.8. The summed E-state index contributed by atoms with van der Waals surface area (Å²) in [7, 11) is 2.96. The average molecular weight is 494 g/mol. The van der Waals surface area contributed by atoms with E-state index in [1.54, 1.807) is 12.1 Å². The van der Waals surface area contributed by atoms with Crippen LogP contribution in [-0.4, -0.2) is 38.7 Å². The number of phenols is 1. The first-order chi connectivity index (χ1) is 17.5. The number of hydrogen-bond acceptors (Lipinski definition) is 9. The van der Waals surface area contributed by atoms with Gasteiger partial charge in [0.05, 0.1) is 33.3 Å². The third-order valence-electron chi connectivity index (χ3n) is 7.34. The molecule has 0 saturated carbocycles. The lowest BCUT2D eigenvalue weighted by molar-refractivity contribution is -0.141. The maximum Gasteiger partial charge on any atom is 0.310 e. The molecule has 0 unspecified atom stereocenters. The molecule has 0 amide bonds. The first kappa shape index (κ1) is 22.6. The number of rotatable bonds is 6. The van der Waals surface area contributed by atoms with Crippen LogP contribution >= 0.6 is 0 Å². The number of ether oxygens (including phenoxy) is 5. The molecule has 0 radical (unpaired) electrons. The smallest absolute Gasteiger partial charge is 0.310 e. The van der Waals surface area contributed by atoms with Crippen LogP contribution in [0.5, 0.6) is 28.7 Å². The Labute approximate surface area is 207 Å². The second-order valence-electron chi connectivity index (χ2n) is 9.28. The standard InChI is InChI=1S/C27H27NO8/c1-13-4-5-15(36-13)10-28-25-17-9-20-19(34-12-35-20)8-16(17)23(24-18(25)11-33-27(24)30)14-6-21(31-2)26(29)22(7-14)32-3/h4-9,18,23-25,28-29H,10-12H2,1-3H3/t18-,23+,24-,25+/m0/s1. The largest absolute Gasteiger partial charge is 0.502 e. The molecular weight excluding hydrogens is 466 g/mol. The summed E-state index contributed by atoms with van der Waals surface area (Å²) < 4.78 is 33.6. The number of carbonyl (C=O) groups excluding carboxylic acids is 1. The Bertz CT molecular complexity index is 1310. The molecule has 3 aliphatic rings. The van der Waals surface area contributed by atoms with Crippen molar-refractivity contribution in [2.45, 2.75) is 25.4 Å². The van der Waals surface area contributed by atoms with Crippen LogP contribution in [0.3, 0.4) is 0 Å². The number of aryl methyl sites for hydroxylation is 1. The zero-order chi connectivity index (χ0) is 25.0. The highest BCUT2D eigenvalue weighted by molar-refractivity contribution is 5.79. The zero-order valence-electron chi connectivity index (χ0n) is 20.2. The Morgan fingerprint density at radius 3 is 2.33 bits per heavy atom. The summed E-state index contributed by atoms with van der Waals surface area (Å²) in [4.78, 5) is 13.2. The minimum atomic E-state index is -0.465. The van der Waals surface area contributed by atoms with Crippen LogP contribution in [0.25, 0.3) is 0 Å². The summed E-state index contributed by atoms with van der Waals surface area (Å²) in [6.45, 7) is 2.83. The number of methoxy groups -OCH3 is 2. The molecule has 0 bridgehead atoms. The molecule has 1 fully saturated rings. The van der Waals surface area contributed by atoms with Crippen LogP contribution in [0.2, 0.25) is 0 Å². The number of benzene rings is 2. The quantitative estimate of drug-likeness (QED) is 0.496. The Kier molecular flexibility index (Phi) is 5.44. The second-order valence-corrected chi connectivity index (χ2v) is 9.28. The van der Waals surface area contributed by atoms with Crippen molar-refractivity contribution >= 4 is 5.97 Å². The summed E-state index contributed by atoms with van der Waals surface area (Å²) >= 11 is 0. The van der Waals surface area contributed by atoms with Gasteiger partial charge in [-0.25, -0.2) is 0 Å². The molecule has 1 saturated heterocycles.